The van der Waals surface area contributed by atoms with Crippen LogP contribution in [0, 0.1) is 0 Å². The number of anilines is 1. The van der Waals surface area contributed by atoms with E-state index in [0.717, 1.165) is 10.9 Å². The van der Waals surface area contributed by atoms with Crippen LogP contribution in [-0.4, -0.2) is 31.0 Å². The molecule has 1 heterocycles. The van der Waals surface area contributed by atoms with Gasteiger partial charge in [-0.1, -0.05) is 28.1 Å². The van der Waals surface area contributed by atoms with Crippen LogP contribution in [0.4, 0.5) is 5.82 Å². The molecule has 0 saturated carbocycles. The van der Waals surface area contributed by atoms with Crippen LogP contribution < -0.4 is 10.2 Å². The van der Waals surface area contributed by atoms with Crippen molar-refractivity contribution in [3.63, 3.8) is 0 Å². The van der Waals surface area contributed by atoms with Crippen molar-refractivity contribution in [3.05, 3.63) is 58.2 Å². The molecule has 1 N–H and O–H groups in total. The SMILES string of the molecule is CC(Cc1ccc(Br)cc1)NC(=O)c1cccnc1N(C)C. The molecule has 0 aliphatic rings. The van der Waals surface area contributed by atoms with Gasteiger partial charge in [-0.05, 0) is 43.2 Å². The molecule has 0 bridgehead atoms. The summed E-state index contributed by atoms with van der Waals surface area (Å²) in [5.41, 5.74) is 1.78. The van der Waals surface area contributed by atoms with Crippen molar-refractivity contribution < 1.29 is 4.79 Å². The third-order valence-corrected chi connectivity index (χ3v) is 3.82. The van der Waals surface area contributed by atoms with E-state index in [0.29, 0.717) is 11.4 Å². The molecule has 0 radical (unpaired) electrons. The summed E-state index contributed by atoms with van der Waals surface area (Å²) in [5, 5.41) is 3.04. The summed E-state index contributed by atoms with van der Waals surface area (Å²) in [4.78, 5) is 18.5. The van der Waals surface area contributed by atoms with Crippen LogP contribution in [0.1, 0.15) is 22.8 Å². The molecule has 1 amide bonds. The Balaban J connectivity index is 2.04. The molecule has 0 spiro atoms. The van der Waals surface area contributed by atoms with E-state index in [-0.39, 0.29) is 11.9 Å². The van der Waals surface area contributed by atoms with Crippen LogP contribution in [0.3, 0.4) is 0 Å². The summed E-state index contributed by atoms with van der Waals surface area (Å²) in [7, 11) is 3.76. The number of pyridine rings is 1. The summed E-state index contributed by atoms with van der Waals surface area (Å²) >= 11 is 3.42. The smallest absolute Gasteiger partial charge is 0.255 e. The van der Waals surface area contributed by atoms with Crippen molar-refractivity contribution in [1.82, 2.24) is 10.3 Å². The average Bonchev–Trinajstić information content (AvgIpc) is 2.49. The molecule has 22 heavy (non-hydrogen) atoms. The molecule has 5 heteroatoms. The van der Waals surface area contributed by atoms with Gasteiger partial charge in [0.1, 0.15) is 5.82 Å². The van der Waals surface area contributed by atoms with Crippen molar-refractivity contribution in [2.24, 2.45) is 0 Å². The fraction of sp³-hybridized carbons (Fsp3) is 0.294. The first-order valence-electron chi connectivity index (χ1n) is 7.15. The Bertz CT molecular complexity index is 641. The summed E-state index contributed by atoms with van der Waals surface area (Å²) in [5.74, 6) is 0.581. The lowest BCUT2D eigenvalue weighted by atomic mass is 10.1. The second kappa shape index (κ2) is 7.40. The number of rotatable bonds is 5. The van der Waals surface area contributed by atoms with E-state index in [2.05, 4.69) is 38.4 Å². The van der Waals surface area contributed by atoms with Crippen LogP contribution in [0.15, 0.2) is 47.1 Å². The Morgan fingerprint density at radius 1 is 1.27 bits per heavy atom. The van der Waals surface area contributed by atoms with Gasteiger partial charge in [0.05, 0.1) is 5.56 Å². The number of nitrogens with zero attached hydrogens (tertiary/aromatic N) is 2. The van der Waals surface area contributed by atoms with E-state index in [1.807, 2.05) is 38.1 Å². The van der Waals surface area contributed by atoms with Gasteiger partial charge >= 0.3 is 0 Å². The minimum absolute atomic E-state index is 0.0453. The molecule has 1 atom stereocenters. The minimum atomic E-state index is -0.0959. The van der Waals surface area contributed by atoms with Gasteiger partial charge in [-0.15, -0.1) is 0 Å². The zero-order valence-corrected chi connectivity index (χ0v) is 14.6. The van der Waals surface area contributed by atoms with Crippen molar-refractivity contribution in [1.29, 1.82) is 0 Å². The molecule has 2 aromatic rings. The topological polar surface area (TPSA) is 45.2 Å². The Kier molecular flexibility index (Phi) is 5.55. The molecule has 0 saturated heterocycles. The van der Waals surface area contributed by atoms with Crippen molar-refractivity contribution in [3.8, 4) is 0 Å². The summed E-state index contributed by atoms with van der Waals surface area (Å²) in [6.07, 6.45) is 2.48. The molecule has 2 rings (SSSR count). The normalized spacial score (nSPS) is 11.8. The van der Waals surface area contributed by atoms with Gasteiger partial charge in [0.25, 0.3) is 5.91 Å². The van der Waals surface area contributed by atoms with Gasteiger partial charge < -0.3 is 10.2 Å². The maximum absolute atomic E-state index is 12.4. The molecule has 1 aromatic heterocycles. The van der Waals surface area contributed by atoms with E-state index in [4.69, 9.17) is 0 Å². The maximum atomic E-state index is 12.4. The quantitative estimate of drug-likeness (QED) is 0.888. The number of aromatic nitrogens is 1. The van der Waals surface area contributed by atoms with E-state index in [9.17, 15) is 4.79 Å². The highest BCUT2D eigenvalue weighted by atomic mass is 79.9. The monoisotopic (exact) mass is 361 g/mol. The number of halogens is 1. The van der Waals surface area contributed by atoms with Crippen molar-refractivity contribution in [2.75, 3.05) is 19.0 Å². The van der Waals surface area contributed by atoms with Gasteiger partial charge in [-0.25, -0.2) is 4.98 Å². The first-order chi connectivity index (χ1) is 10.5. The number of hydrogen-bond donors (Lipinski definition) is 1. The molecule has 0 aliphatic heterocycles. The average molecular weight is 362 g/mol. The number of hydrogen-bond acceptors (Lipinski definition) is 3. The van der Waals surface area contributed by atoms with Gasteiger partial charge in [-0.2, -0.15) is 0 Å². The molecular formula is C17H20BrN3O. The number of carbonyl (C=O) groups excluding carboxylic acids is 1. The second-order valence-electron chi connectivity index (χ2n) is 5.47. The number of nitrogens with one attached hydrogen (secondary N) is 1. The van der Waals surface area contributed by atoms with E-state index in [1.165, 1.54) is 5.56 Å². The fourth-order valence-electron chi connectivity index (χ4n) is 2.26. The Morgan fingerprint density at radius 2 is 1.95 bits per heavy atom. The van der Waals surface area contributed by atoms with Crippen molar-refractivity contribution >= 4 is 27.7 Å². The van der Waals surface area contributed by atoms with Crippen LogP contribution >= 0.6 is 15.9 Å². The molecule has 116 valence electrons. The highest BCUT2D eigenvalue weighted by molar-refractivity contribution is 9.10. The molecule has 1 aromatic carbocycles. The molecular weight excluding hydrogens is 342 g/mol. The highest BCUT2D eigenvalue weighted by Gasteiger charge is 2.15. The number of amides is 1. The molecule has 4 nitrogen and oxygen atoms in total. The van der Waals surface area contributed by atoms with Crippen LogP contribution in [-0.2, 0) is 6.42 Å². The van der Waals surface area contributed by atoms with Gasteiger partial charge in [0.2, 0.25) is 0 Å². The largest absolute Gasteiger partial charge is 0.362 e. The Hall–Kier alpha value is -1.88. The third-order valence-electron chi connectivity index (χ3n) is 3.29. The van der Waals surface area contributed by atoms with Gasteiger partial charge in [0, 0.05) is 30.8 Å². The predicted molar refractivity (Wildman–Crippen MR) is 93.3 cm³/mol. The summed E-state index contributed by atoms with van der Waals surface area (Å²) < 4.78 is 1.05. The predicted octanol–water partition coefficient (Wildman–Crippen LogP) is 3.27. The fourth-order valence-corrected chi connectivity index (χ4v) is 2.52. The van der Waals surface area contributed by atoms with E-state index < -0.39 is 0 Å². The lowest BCUT2D eigenvalue weighted by Gasteiger charge is -2.18. The zero-order valence-electron chi connectivity index (χ0n) is 13.0. The summed E-state index contributed by atoms with van der Waals surface area (Å²) in [6.45, 7) is 2.01. The van der Waals surface area contributed by atoms with Crippen LogP contribution in [0.5, 0.6) is 0 Å². The minimum Gasteiger partial charge on any atom is -0.362 e. The number of carbonyl (C=O) groups is 1. The number of benzene rings is 1. The van der Waals surface area contributed by atoms with E-state index in [1.54, 1.807) is 18.3 Å². The molecule has 1 unspecified atom stereocenters. The highest BCUT2D eigenvalue weighted by Crippen LogP contribution is 2.15. The van der Waals surface area contributed by atoms with Gasteiger partial charge in [-0.3, -0.25) is 4.79 Å². The van der Waals surface area contributed by atoms with Crippen LogP contribution in [0.25, 0.3) is 0 Å². The zero-order chi connectivity index (χ0) is 16.1. The van der Waals surface area contributed by atoms with E-state index >= 15 is 0 Å². The first kappa shape index (κ1) is 16.5. The molecule has 0 fully saturated rings. The Morgan fingerprint density at radius 3 is 2.59 bits per heavy atom. The molecule has 0 aliphatic carbocycles. The standard InChI is InChI=1S/C17H20BrN3O/c1-12(11-13-6-8-14(18)9-7-13)20-17(22)15-5-4-10-19-16(15)21(2)3/h4-10,12H,11H2,1-3H3,(H,20,22). The van der Waals surface area contributed by atoms with Gasteiger partial charge in [0.15, 0.2) is 0 Å². The Labute approximate surface area is 139 Å². The third kappa shape index (κ3) is 4.31. The summed E-state index contributed by atoms with van der Waals surface area (Å²) in [6, 6.07) is 11.8. The second-order valence-corrected chi connectivity index (χ2v) is 6.39. The lowest BCUT2D eigenvalue weighted by Crippen LogP contribution is -2.35. The van der Waals surface area contributed by atoms with Crippen molar-refractivity contribution in [2.45, 2.75) is 19.4 Å². The maximum Gasteiger partial charge on any atom is 0.255 e. The van der Waals surface area contributed by atoms with Crippen LogP contribution in [0.2, 0.25) is 0 Å². The first-order valence-corrected chi connectivity index (χ1v) is 7.94. The lowest BCUT2D eigenvalue weighted by molar-refractivity contribution is 0.0940.